The van der Waals surface area contributed by atoms with Crippen molar-refractivity contribution in [2.75, 3.05) is 53.5 Å². The van der Waals surface area contributed by atoms with E-state index in [1.807, 2.05) is 6.07 Å². The zero-order chi connectivity index (χ0) is 19.3. The van der Waals surface area contributed by atoms with Crippen molar-refractivity contribution in [3.05, 3.63) is 29.3 Å². The molecule has 7 heteroatoms. The molecule has 0 radical (unpaired) electrons. The molecular formula is C20H33N5OS. The molecule has 1 aromatic carbocycles. The molecule has 0 atom stereocenters. The van der Waals surface area contributed by atoms with Gasteiger partial charge in [0, 0.05) is 52.9 Å². The molecular weight excluding hydrogens is 358 g/mol. The second-order valence-electron chi connectivity index (χ2n) is 6.52. The third-order valence-electron chi connectivity index (χ3n) is 4.18. The third kappa shape index (κ3) is 8.24. The first-order valence-corrected chi connectivity index (χ1v) is 10.6. The highest BCUT2D eigenvalue weighted by Gasteiger charge is 2.03. The van der Waals surface area contributed by atoms with Crippen LogP contribution in [0.15, 0.2) is 29.3 Å². The summed E-state index contributed by atoms with van der Waals surface area (Å²) in [6.45, 7) is 7.49. The molecule has 1 heterocycles. The van der Waals surface area contributed by atoms with Crippen LogP contribution in [0.1, 0.15) is 24.8 Å². The minimum Gasteiger partial charge on any atom is -0.385 e. The Morgan fingerprint density at radius 3 is 2.85 bits per heavy atom. The highest BCUT2D eigenvalue weighted by molar-refractivity contribution is 7.18. The molecule has 0 saturated carbocycles. The van der Waals surface area contributed by atoms with Crippen LogP contribution in [0.3, 0.4) is 0 Å². The highest BCUT2D eigenvalue weighted by Crippen LogP contribution is 2.22. The summed E-state index contributed by atoms with van der Waals surface area (Å²) in [6.07, 6.45) is 3.05. The number of aromatic nitrogens is 1. The van der Waals surface area contributed by atoms with Gasteiger partial charge in [-0.2, -0.15) is 0 Å². The summed E-state index contributed by atoms with van der Waals surface area (Å²) in [4.78, 5) is 11.7. The number of benzene rings is 1. The van der Waals surface area contributed by atoms with E-state index in [0.717, 1.165) is 70.1 Å². The van der Waals surface area contributed by atoms with Gasteiger partial charge in [0.1, 0.15) is 0 Å². The van der Waals surface area contributed by atoms with Crippen molar-refractivity contribution in [2.45, 2.75) is 26.2 Å². The Labute approximate surface area is 167 Å². The van der Waals surface area contributed by atoms with Gasteiger partial charge in [-0.3, -0.25) is 4.99 Å². The quantitative estimate of drug-likeness (QED) is 0.331. The van der Waals surface area contributed by atoms with Crippen molar-refractivity contribution >= 4 is 27.5 Å². The van der Waals surface area contributed by atoms with E-state index in [9.17, 15) is 0 Å². The molecule has 2 aromatic rings. The largest absolute Gasteiger partial charge is 0.385 e. The molecule has 0 fully saturated rings. The molecule has 2 N–H and O–H groups in total. The molecule has 150 valence electrons. The van der Waals surface area contributed by atoms with Gasteiger partial charge in [0.05, 0.1) is 15.2 Å². The molecule has 27 heavy (non-hydrogen) atoms. The summed E-state index contributed by atoms with van der Waals surface area (Å²) in [5.74, 6) is 0.895. The maximum Gasteiger partial charge on any atom is 0.191 e. The first-order valence-electron chi connectivity index (χ1n) is 9.77. The second-order valence-corrected chi connectivity index (χ2v) is 7.63. The number of aliphatic imine (C=N–C) groups is 1. The number of hydrogen-bond acceptors (Lipinski definition) is 5. The molecule has 0 aliphatic rings. The first kappa shape index (κ1) is 21.6. The number of likely N-dealkylation sites (N-methyl/N-ethyl adjacent to an activating group) is 1. The number of nitrogens with zero attached hydrogens (tertiary/aromatic N) is 3. The van der Waals surface area contributed by atoms with Crippen LogP contribution in [0.2, 0.25) is 0 Å². The van der Waals surface area contributed by atoms with E-state index in [2.05, 4.69) is 57.7 Å². The zero-order valence-electron chi connectivity index (χ0n) is 16.8. The molecule has 0 aliphatic heterocycles. The highest BCUT2D eigenvalue weighted by atomic mass is 32.1. The van der Waals surface area contributed by atoms with Crippen molar-refractivity contribution in [2.24, 2.45) is 4.99 Å². The molecule has 0 aliphatic carbocycles. The average Bonchev–Trinajstić information content (AvgIpc) is 3.08. The van der Waals surface area contributed by atoms with Gasteiger partial charge < -0.3 is 20.3 Å². The maximum atomic E-state index is 5.10. The molecule has 0 amide bonds. The Hall–Kier alpha value is -1.70. The fraction of sp³-hybridized carbons (Fsp3) is 0.600. The Bertz CT molecular complexity index is 655. The van der Waals surface area contributed by atoms with Gasteiger partial charge in [-0.05, 0) is 38.9 Å². The van der Waals surface area contributed by atoms with E-state index in [1.54, 1.807) is 18.4 Å². The standard InChI is InChI=1S/C20H33N5OS/c1-4-21-20(23-13-15-25(2)14-8-16-26-3)22-12-7-11-19-24-17-9-5-6-10-18(17)27-19/h5-6,9-10H,4,7-8,11-16H2,1-3H3,(H2,21,22,23). The molecule has 0 saturated heterocycles. The number of thiazole rings is 1. The SMILES string of the molecule is CCNC(=NCCCc1nc2ccccc2s1)NCCN(C)CCCOC. The van der Waals surface area contributed by atoms with Gasteiger partial charge in [-0.25, -0.2) is 4.98 Å². The lowest BCUT2D eigenvalue weighted by Crippen LogP contribution is -2.41. The lowest BCUT2D eigenvalue weighted by atomic mass is 10.3. The van der Waals surface area contributed by atoms with Crippen molar-refractivity contribution in [3.8, 4) is 0 Å². The van der Waals surface area contributed by atoms with E-state index in [-0.39, 0.29) is 0 Å². The summed E-state index contributed by atoms with van der Waals surface area (Å²) in [5.41, 5.74) is 1.10. The molecule has 2 rings (SSSR count). The first-order chi connectivity index (χ1) is 13.2. The van der Waals surface area contributed by atoms with Crippen LogP contribution in [0, 0.1) is 0 Å². The number of fused-ring (bicyclic) bond motifs is 1. The zero-order valence-corrected chi connectivity index (χ0v) is 17.6. The predicted octanol–water partition coefficient (Wildman–Crippen LogP) is 2.75. The second kappa shape index (κ2) is 12.6. The van der Waals surface area contributed by atoms with Crippen LogP contribution < -0.4 is 10.6 Å². The molecule has 0 bridgehead atoms. The minimum atomic E-state index is 0.801. The summed E-state index contributed by atoms with van der Waals surface area (Å²) >= 11 is 1.79. The monoisotopic (exact) mass is 391 g/mol. The van der Waals surface area contributed by atoms with E-state index >= 15 is 0 Å². The van der Waals surface area contributed by atoms with Crippen molar-refractivity contribution in [3.63, 3.8) is 0 Å². The summed E-state index contributed by atoms with van der Waals surface area (Å²) < 4.78 is 6.36. The lowest BCUT2D eigenvalue weighted by molar-refractivity contribution is 0.180. The van der Waals surface area contributed by atoms with Gasteiger partial charge >= 0.3 is 0 Å². The fourth-order valence-corrected chi connectivity index (χ4v) is 3.75. The van der Waals surface area contributed by atoms with E-state index < -0.39 is 0 Å². The Morgan fingerprint density at radius 1 is 1.22 bits per heavy atom. The topological polar surface area (TPSA) is 61.8 Å². The molecule has 6 nitrogen and oxygen atoms in total. The van der Waals surface area contributed by atoms with Gasteiger partial charge in [0.2, 0.25) is 0 Å². The Morgan fingerprint density at radius 2 is 2.07 bits per heavy atom. The van der Waals surface area contributed by atoms with Crippen LogP contribution >= 0.6 is 11.3 Å². The molecule has 0 spiro atoms. The number of ether oxygens (including phenoxy) is 1. The van der Waals surface area contributed by atoms with Crippen molar-refractivity contribution < 1.29 is 4.74 Å². The smallest absolute Gasteiger partial charge is 0.191 e. The number of aryl methyl sites for hydroxylation is 1. The number of hydrogen-bond donors (Lipinski definition) is 2. The number of nitrogens with one attached hydrogen (secondary N) is 2. The van der Waals surface area contributed by atoms with Gasteiger partial charge in [-0.1, -0.05) is 12.1 Å². The van der Waals surface area contributed by atoms with E-state index in [1.165, 1.54) is 9.71 Å². The number of para-hydroxylation sites is 1. The normalized spacial score (nSPS) is 12.1. The minimum absolute atomic E-state index is 0.801. The van der Waals surface area contributed by atoms with Gasteiger partial charge in [0.25, 0.3) is 0 Å². The maximum absolute atomic E-state index is 5.10. The van der Waals surface area contributed by atoms with Crippen LogP contribution in [-0.4, -0.2) is 69.3 Å². The third-order valence-corrected chi connectivity index (χ3v) is 5.27. The fourth-order valence-electron chi connectivity index (χ4n) is 2.75. The van der Waals surface area contributed by atoms with E-state index in [4.69, 9.17) is 4.74 Å². The lowest BCUT2D eigenvalue weighted by Gasteiger charge is -2.18. The summed E-state index contributed by atoms with van der Waals surface area (Å²) in [5, 5.41) is 7.93. The van der Waals surface area contributed by atoms with Crippen LogP contribution in [0.25, 0.3) is 10.2 Å². The van der Waals surface area contributed by atoms with Crippen LogP contribution in [-0.2, 0) is 11.2 Å². The Balaban J connectivity index is 1.69. The predicted molar refractivity (Wildman–Crippen MR) is 116 cm³/mol. The summed E-state index contributed by atoms with van der Waals surface area (Å²) in [6, 6.07) is 8.32. The van der Waals surface area contributed by atoms with Gasteiger partial charge in [0.15, 0.2) is 5.96 Å². The van der Waals surface area contributed by atoms with Crippen LogP contribution in [0.4, 0.5) is 0 Å². The van der Waals surface area contributed by atoms with Gasteiger partial charge in [-0.15, -0.1) is 11.3 Å². The van der Waals surface area contributed by atoms with Crippen molar-refractivity contribution in [1.29, 1.82) is 0 Å². The van der Waals surface area contributed by atoms with E-state index in [0.29, 0.717) is 0 Å². The Kier molecular flexibility index (Phi) is 10.1. The number of rotatable bonds is 12. The molecule has 1 aromatic heterocycles. The number of guanidine groups is 1. The number of methoxy groups -OCH3 is 1. The summed E-state index contributed by atoms with van der Waals surface area (Å²) in [7, 11) is 3.89. The molecule has 0 unspecified atom stereocenters. The van der Waals surface area contributed by atoms with Crippen LogP contribution in [0.5, 0.6) is 0 Å². The van der Waals surface area contributed by atoms with Crippen molar-refractivity contribution in [1.82, 2.24) is 20.5 Å². The average molecular weight is 392 g/mol.